The van der Waals surface area contributed by atoms with Gasteiger partial charge in [-0.1, -0.05) is 12.1 Å². The Morgan fingerprint density at radius 1 is 1.07 bits per heavy atom. The summed E-state index contributed by atoms with van der Waals surface area (Å²) in [5, 5.41) is 0. The molecule has 2 atom stereocenters. The molecule has 4 fully saturated rings. The summed E-state index contributed by atoms with van der Waals surface area (Å²) in [6.07, 6.45) is 2.18. The molecule has 5 rings (SSSR count). The topological polar surface area (TPSA) is 45.2 Å². The van der Waals surface area contributed by atoms with E-state index in [1.807, 2.05) is 11.9 Å². The average Bonchev–Trinajstić information content (AvgIpc) is 2.96. The molecule has 6 heteroatoms. The summed E-state index contributed by atoms with van der Waals surface area (Å²) in [6, 6.07) is 8.82. The number of fused-ring (bicyclic) bond motifs is 4. The van der Waals surface area contributed by atoms with Gasteiger partial charge in [0.2, 0.25) is 5.91 Å². The lowest BCUT2D eigenvalue weighted by Gasteiger charge is -2.32. The van der Waals surface area contributed by atoms with Crippen molar-refractivity contribution in [1.29, 1.82) is 0 Å². The SMILES string of the molecule is CN1C(=O)[C@H]2CC[C@@H]1CN(Cc1ccc(OCCN3CCOCC3)cc1)C2. The van der Waals surface area contributed by atoms with Gasteiger partial charge in [0, 0.05) is 52.4 Å². The van der Waals surface area contributed by atoms with Gasteiger partial charge >= 0.3 is 0 Å². The third-order valence-electron chi connectivity index (χ3n) is 6.15. The number of hydrogen-bond acceptors (Lipinski definition) is 5. The van der Waals surface area contributed by atoms with Gasteiger partial charge in [-0.3, -0.25) is 14.6 Å². The van der Waals surface area contributed by atoms with Crippen molar-refractivity contribution in [3.63, 3.8) is 0 Å². The van der Waals surface area contributed by atoms with E-state index in [9.17, 15) is 4.79 Å². The third-order valence-corrected chi connectivity index (χ3v) is 6.15. The number of likely N-dealkylation sites (N-methyl/N-ethyl adjacent to an activating group) is 1. The Balaban J connectivity index is 1.26. The van der Waals surface area contributed by atoms with Gasteiger partial charge in [-0.2, -0.15) is 0 Å². The first-order chi connectivity index (χ1) is 13.2. The van der Waals surface area contributed by atoms with Crippen LogP contribution in [-0.2, 0) is 16.1 Å². The number of carbonyl (C=O) groups is 1. The second-order valence-corrected chi connectivity index (χ2v) is 8.02. The molecule has 27 heavy (non-hydrogen) atoms. The van der Waals surface area contributed by atoms with E-state index >= 15 is 0 Å². The Bertz CT molecular complexity index is 630. The highest BCUT2D eigenvalue weighted by atomic mass is 16.5. The van der Waals surface area contributed by atoms with Crippen molar-refractivity contribution in [2.75, 3.05) is 59.6 Å². The van der Waals surface area contributed by atoms with Crippen LogP contribution < -0.4 is 4.74 Å². The molecule has 4 aliphatic heterocycles. The number of benzene rings is 1. The molecule has 0 spiro atoms. The van der Waals surface area contributed by atoms with Crippen LogP contribution in [0.4, 0.5) is 0 Å². The van der Waals surface area contributed by atoms with Gasteiger partial charge in [0.1, 0.15) is 12.4 Å². The molecule has 0 radical (unpaired) electrons. The highest BCUT2D eigenvalue weighted by Gasteiger charge is 2.38. The number of amides is 1. The summed E-state index contributed by atoms with van der Waals surface area (Å²) < 4.78 is 11.3. The van der Waals surface area contributed by atoms with E-state index in [2.05, 4.69) is 34.1 Å². The van der Waals surface area contributed by atoms with Gasteiger partial charge in [0.25, 0.3) is 0 Å². The molecule has 6 nitrogen and oxygen atoms in total. The van der Waals surface area contributed by atoms with Crippen molar-refractivity contribution < 1.29 is 14.3 Å². The van der Waals surface area contributed by atoms with E-state index in [0.717, 1.165) is 71.1 Å². The standard InChI is InChI=1S/C21H31N3O3/c1-22-19-5-4-18(21(22)25)15-24(16-19)14-17-2-6-20(7-3-17)27-13-10-23-8-11-26-12-9-23/h2-3,6-7,18-19H,4-5,8-16H2,1H3/t18-,19+/m0/s1. The van der Waals surface area contributed by atoms with Gasteiger partial charge < -0.3 is 14.4 Å². The van der Waals surface area contributed by atoms with Gasteiger partial charge in [0.15, 0.2) is 0 Å². The maximum absolute atomic E-state index is 12.3. The Morgan fingerprint density at radius 3 is 2.63 bits per heavy atom. The summed E-state index contributed by atoms with van der Waals surface area (Å²) in [7, 11) is 1.96. The quantitative estimate of drug-likeness (QED) is 0.755. The second-order valence-electron chi connectivity index (χ2n) is 8.02. The summed E-state index contributed by atoms with van der Waals surface area (Å²) in [6.45, 7) is 8.08. The van der Waals surface area contributed by atoms with E-state index in [1.165, 1.54) is 5.56 Å². The molecular formula is C21H31N3O3. The fourth-order valence-corrected chi connectivity index (χ4v) is 4.44. The number of ether oxygens (including phenoxy) is 2. The van der Waals surface area contributed by atoms with Crippen LogP contribution >= 0.6 is 0 Å². The maximum Gasteiger partial charge on any atom is 0.227 e. The van der Waals surface area contributed by atoms with Gasteiger partial charge in [-0.25, -0.2) is 0 Å². The predicted octanol–water partition coefficient (Wildman–Crippen LogP) is 1.45. The highest BCUT2D eigenvalue weighted by molar-refractivity contribution is 5.80. The van der Waals surface area contributed by atoms with Crippen LogP contribution in [0.5, 0.6) is 5.75 Å². The fourth-order valence-electron chi connectivity index (χ4n) is 4.44. The average molecular weight is 373 g/mol. The molecule has 1 amide bonds. The zero-order chi connectivity index (χ0) is 18.6. The molecule has 4 saturated heterocycles. The Labute approximate surface area is 162 Å². The van der Waals surface area contributed by atoms with Crippen LogP contribution in [0.1, 0.15) is 18.4 Å². The lowest BCUT2D eigenvalue weighted by atomic mass is 9.95. The minimum absolute atomic E-state index is 0.177. The number of piperidine rings is 1. The van der Waals surface area contributed by atoms with Crippen LogP contribution in [0, 0.1) is 5.92 Å². The molecule has 0 unspecified atom stereocenters. The van der Waals surface area contributed by atoms with Crippen LogP contribution in [0.25, 0.3) is 0 Å². The lowest BCUT2D eigenvalue weighted by Crippen LogP contribution is -2.45. The first-order valence-corrected chi connectivity index (χ1v) is 10.2. The monoisotopic (exact) mass is 373 g/mol. The Kier molecular flexibility index (Phi) is 5.95. The van der Waals surface area contributed by atoms with Crippen LogP contribution in [-0.4, -0.2) is 86.2 Å². The molecule has 4 heterocycles. The number of hydrogen-bond donors (Lipinski definition) is 0. The zero-order valence-corrected chi connectivity index (χ0v) is 16.3. The van der Waals surface area contributed by atoms with Crippen molar-refractivity contribution in [3.05, 3.63) is 29.8 Å². The summed E-state index contributed by atoms with van der Waals surface area (Å²) >= 11 is 0. The molecule has 0 N–H and O–H groups in total. The fraction of sp³-hybridized carbons (Fsp3) is 0.667. The number of rotatable bonds is 6. The van der Waals surface area contributed by atoms with Gasteiger partial charge in [0.05, 0.1) is 19.1 Å². The largest absolute Gasteiger partial charge is 0.492 e. The Morgan fingerprint density at radius 2 is 1.85 bits per heavy atom. The first-order valence-electron chi connectivity index (χ1n) is 10.2. The Hall–Kier alpha value is -1.63. The van der Waals surface area contributed by atoms with Crippen molar-refractivity contribution in [2.24, 2.45) is 5.92 Å². The molecule has 0 saturated carbocycles. The van der Waals surface area contributed by atoms with E-state index in [1.54, 1.807) is 0 Å². The third kappa shape index (κ3) is 4.62. The van der Waals surface area contributed by atoms with Crippen LogP contribution in [0.2, 0.25) is 0 Å². The van der Waals surface area contributed by atoms with Crippen molar-refractivity contribution in [3.8, 4) is 5.75 Å². The van der Waals surface area contributed by atoms with Gasteiger partial charge in [-0.15, -0.1) is 0 Å². The van der Waals surface area contributed by atoms with Crippen molar-refractivity contribution >= 4 is 5.91 Å². The molecule has 1 aromatic carbocycles. The van der Waals surface area contributed by atoms with E-state index < -0.39 is 0 Å². The molecule has 2 bridgehead atoms. The maximum atomic E-state index is 12.3. The lowest BCUT2D eigenvalue weighted by molar-refractivity contribution is -0.138. The summed E-state index contributed by atoms with van der Waals surface area (Å²) in [5.74, 6) is 1.44. The van der Waals surface area contributed by atoms with Crippen molar-refractivity contribution in [1.82, 2.24) is 14.7 Å². The van der Waals surface area contributed by atoms with Crippen molar-refractivity contribution in [2.45, 2.75) is 25.4 Å². The molecule has 148 valence electrons. The van der Waals surface area contributed by atoms with Gasteiger partial charge in [-0.05, 0) is 30.5 Å². The van der Waals surface area contributed by atoms with Crippen LogP contribution in [0.3, 0.4) is 0 Å². The minimum Gasteiger partial charge on any atom is -0.492 e. The number of nitrogens with zero attached hydrogens (tertiary/aromatic N) is 3. The van der Waals surface area contributed by atoms with E-state index in [4.69, 9.17) is 9.47 Å². The molecule has 1 aromatic rings. The molecule has 4 aliphatic rings. The normalized spacial score (nSPS) is 27.0. The second kappa shape index (κ2) is 8.59. The van der Waals surface area contributed by atoms with E-state index in [0.29, 0.717) is 18.6 Å². The van der Waals surface area contributed by atoms with Crippen LogP contribution in [0.15, 0.2) is 24.3 Å². The summed E-state index contributed by atoms with van der Waals surface area (Å²) in [5.41, 5.74) is 1.28. The minimum atomic E-state index is 0.177. The summed E-state index contributed by atoms with van der Waals surface area (Å²) in [4.78, 5) is 19.1. The van der Waals surface area contributed by atoms with E-state index in [-0.39, 0.29) is 5.92 Å². The molecule has 0 aromatic heterocycles. The smallest absolute Gasteiger partial charge is 0.227 e. The molecule has 0 aliphatic carbocycles. The highest BCUT2D eigenvalue weighted by Crippen LogP contribution is 2.28. The predicted molar refractivity (Wildman–Crippen MR) is 104 cm³/mol. The number of carbonyl (C=O) groups excluding carboxylic acids is 1. The number of morpholine rings is 1. The first kappa shape index (κ1) is 18.7. The zero-order valence-electron chi connectivity index (χ0n) is 16.3. The molecular weight excluding hydrogens is 342 g/mol.